The Kier molecular flexibility index (Phi) is 5.92. The van der Waals surface area contributed by atoms with Gasteiger partial charge in [0.1, 0.15) is 0 Å². The SMILES string of the molecule is CCOC(=O)C(Oc1ccc(Cl)cc1[N+](=O)[O-])C(=O)OC. The lowest BCUT2D eigenvalue weighted by atomic mass is 10.3. The van der Waals surface area contributed by atoms with Crippen LogP contribution < -0.4 is 4.74 Å². The first-order valence-electron chi connectivity index (χ1n) is 5.75. The van der Waals surface area contributed by atoms with Crippen LogP contribution in [0.5, 0.6) is 5.75 Å². The van der Waals surface area contributed by atoms with Gasteiger partial charge in [-0.15, -0.1) is 0 Å². The first-order chi connectivity index (χ1) is 9.90. The van der Waals surface area contributed by atoms with Gasteiger partial charge in [0.05, 0.1) is 18.6 Å². The molecule has 0 heterocycles. The molecule has 1 rings (SSSR count). The van der Waals surface area contributed by atoms with Crippen molar-refractivity contribution in [2.75, 3.05) is 13.7 Å². The molecule has 1 unspecified atom stereocenters. The van der Waals surface area contributed by atoms with Crippen LogP contribution in [0.4, 0.5) is 5.69 Å². The van der Waals surface area contributed by atoms with Gasteiger partial charge in [-0.25, -0.2) is 9.59 Å². The van der Waals surface area contributed by atoms with Gasteiger partial charge in [-0.1, -0.05) is 11.6 Å². The molecule has 8 nitrogen and oxygen atoms in total. The summed E-state index contributed by atoms with van der Waals surface area (Å²) in [5.41, 5.74) is -0.485. The normalized spacial score (nSPS) is 11.4. The fourth-order valence-electron chi connectivity index (χ4n) is 1.38. The van der Waals surface area contributed by atoms with Crippen molar-refractivity contribution >= 4 is 29.2 Å². The van der Waals surface area contributed by atoms with E-state index in [0.29, 0.717) is 0 Å². The summed E-state index contributed by atoms with van der Waals surface area (Å²) in [5.74, 6) is -2.33. The van der Waals surface area contributed by atoms with Crippen LogP contribution >= 0.6 is 11.6 Å². The van der Waals surface area contributed by atoms with Crippen LogP contribution in [0.3, 0.4) is 0 Å². The fraction of sp³-hybridized carbons (Fsp3) is 0.333. The molecule has 9 heteroatoms. The predicted octanol–water partition coefficient (Wildman–Crippen LogP) is 1.73. The predicted molar refractivity (Wildman–Crippen MR) is 71.2 cm³/mol. The van der Waals surface area contributed by atoms with Crippen molar-refractivity contribution in [3.8, 4) is 5.75 Å². The van der Waals surface area contributed by atoms with Gasteiger partial charge in [0.2, 0.25) is 0 Å². The van der Waals surface area contributed by atoms with Crippen molar-refractivity contribution in [3.63, 3.8) is 0 Å². The summed E-state index contributed by atoms with van der Waals surface area (Å²) in [5, 5.41) is 11.0. The van der Waals surface area contributed by atoms with Crippen molar-refractivity contribution in [1.29, 1.82) is 0 Å². The van der Waals surface area contributed by atoms with Crippen LogP contribution in [-0.4, -0.2) is 36.7 Å². The smallest absolute Gasteiger partial charge is 0.359 e. The number of hydrogen-bond acceptors (Lipinski definition) is 7. The van der Waals surface area contributed by atoms with E-state index in [9.17, 15) is 19.7 Å². The standard InChI is InChI=1S/C12H12ClNO7/c1-3-20-12(16)10(11(15)19-2)21-9-5-4-7(13)6-8(9)14(17)18/h4-6,10H,3H2,1-2H3. The van der Waals surface area contributed by atoms with Crippen LogP contribution in [-0.2, 0) is 19.1 Å². The van der Waals surface area contributed by atoms with E-state index in [2.05, 4.69) is 9.47 Å². The number of ether oxygens (including phenoxy) is 3. The third kappa shape index (κ3) is 4.32. The van der Waals surface area contributed by atoms with Gasteiger partial charge < -0.3 is 14.2 Å². The Hall–Kier alpha value is -2.35. The van der Waals surface area contributed by atoms with Gasteiger partial charge >= 0.3 is 17.6 Å². The molecule has 0 N–H and O–H groups in total. The van der Waals surface area contributed by atoms with E-state index in [1.807, 2.05) is 0 Å². The number of rotatable bonds is 6. The number of benzene rings is 1. The Morgan fingerprint density at radius 2 is 2.05 bits per heavy atom. The number of esters is 2. The second-order valence-electron chi connectivity index (χ2n) is 3.64. The van der Waals surface area contributed by atoms with Crippen molar-refractivity contribution in [2.24, 2.45) is 0 Å². The minimum atomic E-state index is -1.75. The van der Waals surface area contributed by atoms with Gasteiger partial charge in [-0.3, -0.25) is 10.1 Å². The molecule has 1 aromatic carbocycles. The van der Waals surface area contributed by atoms with E-state index in [-0.39, 0.29) is 17.4 Å². The van der Waals surface area contributed by atoms with E-state index in [4.69, 9.17) is 16.3 Å². The number of carbonyl (C=O) groups is 2. The molecule has 0 aliphatic rings. The Balaban J connectivity index is 3.11. The number of carbonyl (C=O) groups excluding carboxylic acids is 2. The van der Waals surface area contributed by atoms with Crippen LogP contribution in [0, 0.1) is 10.1 Å². The first kappa shape index (κ1) is 16.7. The van der Waals surface area contributed by atoms with Crippen LogP contribution in [0.1, 0.15) is 6.92 Å². The molecule has 114 valence electrons. The molecule has 0 saturated heterocycles. The number of nitrogens with zero attached hydrogens (tertiary/aromatic N) is 1. The highest BCUT2D eigenvalue weighted by atomic mass is 35.5. The van der Waals surface area contributed by atoms with Gasteiger partial charge in [0, 0.05) is 11.1 Å². The highest BCUT2D eigenvalue weighted by Gasteiger charge is 2.33. The number of hydrogen-bond donors (Lipinski definition) is 0. The molecule has 0 aromatic heterocycles. The fourth-order valence-corrected chi connectivity index (χ4v) is 1.54. The maximum absolute atomic E-state index is 11.7. The molecule has 0 spiro atoms. The number of halogens is 1. The lowest BCUT2D eigenvalue weighted by Crippen LogP contribution is -2.38. The van der Waals surface area contributed by atoms with Gasteiger partial charge in [0.25, 0.3) is 6.10 Å². The molecule has 1 atom stereocenters. The summed E-state index contributed by atoms with van der Waals surface area (Å²) in [6.45, 7) is 1.55. The highest BCUT2D eigenvalue weighted by Crippen LogP contribution is 2.30. The summed E-state index contributed by atoms with van der Waals surface area (Å²) >= 11 is 5.66. The summed E-state index contributed by atoms with van der Waals surface area (Å²) in [4.78, 5) is 33.4. The van der Waals surface area contributed by atoms with E-state index in [1.165, 1.54) is 19.1 Å². The minimum Gasteiger partial charge on any atom is -0.466 e. The zero-order valence-electron chi connectivity index (χ0n) is 11.2. The molecule has 0 amide bonds. The van der Waals surface area contributed by atoms with Crippen LogP contribution in [0.25, 0.3) is 0 Å². The molecule has 0 aliphatic carbocycles. The number of nitro benzene ring substituents is 1. The molecule has 0 radical (unpaired) electrons. The lowest BCUT2D eigenvalue weighted by Gasteiger charge is -2.15. The van der Waals surface area contributed by atoms with E-state index < -0.39 is 28.7 Å². The first-order valence-corrected chi connectivity index (χ1v) is 6.13. The topological polar surface area (TPSA) is 105 Å². The largest absolute Gasteiger partial charge is 0.466 e. The van der Waals surface area contributed by atoms with Crippen molar-refractivity contribution in [2.45, 2.75) is 13.0 Å². The average molecular weight is 318 g/mol. The van der Waals surface area contributed by atoms with E-state index >= 15 is 0 Å². The maximum atomic E-state index is 11.7. The Labute approximate surface area is 124 Å². The molecular formula is C12H12ClNO7. The third-order valence-corrected chi connectivity index (χ3v) is 2.51. The Morgan fingerprint density at radius 1 is 1.38 bits per heavy atom. The second kappa shape index (κ2) is 7.44. The Bertz CT molecular complexity index is 561. The minimum absolute atomic E-state index is 0.0123. The highest BCUT2D eigenvalue weighted by molar-refractivity contribution is 6.30. The zero-order valence-corrected chi connectivity index (χ0v) is 12.0. The van der Waals surface area contributed by atoms with Gasteiger partial charge in [0.15, 0.2) is 5.75 Å². The maximum Gasteiger partial charge on any atom is 0.359 e. The van der Waals surface area contributed by atoms with Crippen molar-refractivity contribution < 1.29 is 28.7 Å². The second-order valence-corrected chi connectivity index (χ2v) is 4.08. The van der Waals surface area contributed by atoms with Crippen LogP contribution in [0.2, 0.25) is 5.02 Å². The van der Waals surface area contributed by atoms with Gasteiger partial charge in [-0.05, 0) is 19.1 Å². The molecular weight excluding hydrogens is 306 g/mol. The van der Waals surface area contributed by atoms with Crippen molar-refractivity contribution in [3.05, 3.63) is 33.3 Å². The number of nitro groups is 1. The molecule has 0 bridgehead atoms. The molecule has 1 aromatic rings. The number of methoxy groups -OCH3 is 1. The Morgan fingerprint density at radius 3 is 2.57 bits per heavy atom. The zero-order chi connectivity index (χ0) is 16.0. The van der Waals surface area contributed by atoms with Gasteiger partial charge in [-0.2, -0.15) is 0 Å². The summed E-state index contributed by atoms with van der Waals surface area (Å²) in [6.07, 6.45) is -1.75. The molecule has 21 heavy (non-hydrogen) atoms. The third-order valence-electron chi connectivity index (χ3n) is 2.28. The van der Waals surface area contributed by atoms with E-state index in [1.54, 1.807) is 0 Å². The molecule has 0 aliphatic heterocycles. The summed E-state index contributed by atoms with van der Waals surface area (Å²) in [6, 6.07) is 3.54. The summed E-state index contributed by atoms with van der Waals surface area (Å²) < 4.78 is 14.2. The molecule has 0 fully saturated rings. The molecule has 0 saturated carbocycles. The van der Waals surface area contributed by atoms with Crippen LogP contribution in [0.15, 0.2) is 18.2 Å². The monoisotopic (exact) mass is 317 g/mol. The van der Waals surface area contributed by atoms with Crippen molar-refractivity contribution in [1.82, 2.24) is 0 Å². The lowest BCUT2D eigenvalue weighted by molar-refractivity contribution is -0.386. The average Bonchev–Trinajstić information content (AvgIpc) is 2.45. The van der Waals surface area contributed by atoms with E-state index in [0.717, 1.165) is 13.2 Å². The summed E-state index contributed by atoms with van der Waals surface area (Å²) in [7, 11) is 1.05. The quantitative estimate of drug-likeness (QED) is 0.340.